The highest BCUT2D eigenvalue weighted by Gasteiger charge is 2.41. The summed E-state index contributed by atoms with van der Waals surface area (Å²) in [4.78, 5) is 26.8. The standard InChI is InChI=1S/C23H19N3O4/c1-12(27)26-10-16-22(23(26)28)20(13-6-7-18-19(8-13)30-11-29-18)14-9-25(2)17-5-3-4-15(24-16)21(14)17/h3-9,20,24H,10-11H2,1-2H3/t20-/m1/s1. The highest BCUT2D eigenvalue weighted by molar-refractivity contribution is 6.11. The molecule has 2 amide bonds. The number of amides is 2. The first kappa shape index (κ1) is 17.1. The van der Waals surface area contributed by atoms with Gasteiger partial charge in [-0.15, -0.1) is 0 Å². The number of anilines is 1. The normalized spacial score (nSPS) is 19.2. The maximum Gasteiger partial charge on any atom is 0.259 e. The Morgan fingerprint density at radius 1 is 1.17 bits per heavy atom. The number of aromatic nitrogens is 1. The Labute approximate surface area is 172 Å². The zero-order valence-corrected chi connectivity index (χ0v) is 16.6. The van der Waals surface area contributed by atoms with Gasteiger partial charge in [0.15, 0.2) is 11.5 Å². The van der Waals surface area contributed by atoms with Crippen molar-refractivity contribution in [1.29, 1.82) is 0 Å². The van der Waals surface area contributed by atoms with Crippen molar-refractivity contribution < 1.29 is 19.1 Å². The second-order valence-corrected chi connectivity index (χ2v) is 7.87. The van der Waals surface area contributed by atoms with Gasteiger partial charge in [0.25, 0.3) is 5.91 Å². The molecule has 0 unspecified atom stereocenters. The van der Waals surface area contributed by atoms with E-state index in [9.17, 15) is 9.59 Å². The van der Waals surface area contributed by atoms with Crippen molar-refractivity contribution in [3.8, 4) is 11.5 Å². The molecule has 0 radical (unpaired) electrons. The minimum Gasteiger partial charge on any atom is -0.454 e. The molecule has 4 heterocycles. The first-order valence-corrected chi connectivity index (χ1v) is 9.83. The number of fused-ring (bicyclic) bond motifs is 1. The predicted octanol–water partition coefficient (Wildman–Crippen LogP) is 3.11. The molecule has 3 aliphatic heterocycles. The van der Waals surface area contributed by atoms with Gasteiger partial charge in [0.2, 0.25) is 12.7 Å². The molecule has 30 heavy (non-hydrogen) atoms. The van der Waals surface area contributed by atoms with Crippen LogP contribution in [0.25, 0.3) is 10.9 Å². The lowest BCUT2D eigenvalue weighted by Gasteiger charge is -2.19. The van der Waals surface area contributed by atoms with Crippen molar-refractivity contribution in [2.75, 3.05) is 18.7 Å². The van der Waals surface area contributed by atoms with Crippen LogP contribution in [0, 0.1) is 0 Å². The summed E-state index contributed by atoms with van der Waals surface area (Å²) in [6.07, 6.45) is 2.07. The van der Waals surface area contributed by atoms with E-state index in [-0.39, 0.29) is 31.1 Å². The van der Waals surface area contributed by atoms with Gasteiger partial charge in [-0.2, -0.15) is 0 Å². The zero-order chi connectivity index (χ0) is 20.6. The summed E-state index contributed by atoms with van der Waals surface area (Å²) in [5, 5.41) is 4.54. The molecule has 0 saturated heterocycles. The third-order valence-electron chi connectivity index (χ3n) is 6.16. The molecular weight excluding hydrogens is 382 g/mol. The Balaban J connectivity index is 1.63. The first-order chi connectivity index (χ1) is 14.5. The van der Waals surface area contributed by atoms with Crippen LogP contribution in [0.5, 0.6) is 11.5 Å². The highest BCUT2D eigenvalue weighted by Crippen LogP contribution is 2.47. The second kappa shape index (κ2) is 5.89. The van der Waals surface area contributed by atoms with E-state index in [0.717, 1.165) is 33.4 Å². The third-order valence-corrected chi connectivity index (χ3v) is 6.16. The molecule has 0 spiro atoms. The van der Waals surface area contributed by atoms with E-state index in [0.29, 0.717) is 17.1 Å². The number of carbonyl (C=O) groups excluding carboxylic acids is 2. The van der Waals surface area contributed by atoms with Gasteiger partial charge in [0, 0.05) is 42.9 Å². The molecule has 1 N–H and O–H groups in total. The summed E-state index contributed by atoms with van der Waals surface area (Å²) in [7, 11) is 2.00. The number of nitrogens with zero attached hydrogens (tertiary/aromatic N) is 2. The van der Waals surface area contributed by atoms with E-state index in [4.69, 9.17) is 9.47 Å². The molecule has 0 bridgehead atoms. The Morgan fingerprint density at radius 3 is 2.83 bits per heavy atom. The molecule has 7 heteroatoms. The number of ether oxygens (including phenoxy) is 2. The summed E-state index contributed by atoms with van der Waals surface area (Å²) in [5.41, 5.74) is 5.35. The van der Waals surface area contributed by atoms with Crippen LogP contribution < -0.4 is 14.8 Å². The molecule has 150 valence electrons. The van der Waals surface area contributed by atoms with Crippen molar-refractivity contribution in [1.82, 2.24) is 9.47 Å². The molecule has 0 saturated carbocycles. The van der Waals surface area contributed by atoms with Gasteiger partial charge < -0.3 is 19.4 Å². The summed E-state index contributed by atoms with van der Waals surface area (Å²) in [6.45, 7) is 1.86. The quantitative estimate of drug-likeness (QED) is 0.678. The smallest absolute Gasteiger partial charge is 0.259 e. The molecule has 1 aromatic heterocycles. The average Bonchev–Trinajstić information content (AvgIpc) is 3.38. The lowest BCUT2D eigenvalue weighted by molar-refractivity contribution is -0.139. The van der Waals surface area contributed by atoms with E-state index >= 15 is 0 Å². The third kappa shape index (κ3) is 2.20. The molecular formula is C23H19N3O4. The Kier molecular flexibility index (Phi) is 3.36. The van der Waals surface area contributed by atoms with Gasteiger partial charge >= 0.3 is 0 Å². The minimum absolute atomic E-state index is 0.189. The van der Waals surface area contributed by atoms with Crippen molar-refractivity contribution in [2.24, 2.45) is 7.05 Å². The number of carbonyl (C=O) groups is 2. The number of hydrogen-bond donors (Lipinski definition) is 1. The van der Waals surface area contributed by atoms with Crippen molar-refractivity contribution >= 4 is 28.4 Å². The lowest BCUT2D eigenvalue weighted by atomic mass is 9.84. The summed E-state index contributed by atoms with van der Waals surface area (Å²) >= 11 is 0. The fraction of sp³-hybridized carbons (Fsp3) is 0.217. The van der Waals surface area contributed by atoms with Gasteiger partial charge in [-0.25, -0.2) is 0 Å². The van der Waals surface area contributed by atoms with E-state index in [1.165, 1.54) is 11.8 Å². The van der Waals surface area contributed by atoms with E-state index in [2.05, 4.69) is 22.1 Å². The van der Waals surface area contributed by atoms with Crippen LogP contribution in [-0.2, 0) is 16.6 Å². The van der Waals surface area contributed by atoms with Crippen LogP contribution in [-0.4, -0.2) is 34.6 Å². The molecule has 0 aliphatic carbocycles. The van der Waals surface area contributed by atoms with E-state index in [1.807, 2.05) is 37.4 Å². The lowest BCUT2D eigenvalue weighted by Crippen LogP contribution is -2.33. The van der Waals surface area contributed by atoms with Crippen LogP contribution in [0.2, 0.25) is 0 Å². The van der Waals surface area contributed by atoms with Crippen molar-refractivity contribution in [2.45, 2.75) is 12.8 Å². The Hall–Kier alpha value is -3.74. The van der Waals surface area contributed by atoms with Gasteiger partial charge in [0.1, 0.15) is 0 Å². The molecule has 7 nitrogen and oxygen atoms in total. The number of nitrogens with one attached hydrogen (secondary N) is 1. The number of aryl methyl sites for hydroxylation is 1. The summed E-state index contributed by atoms with van der Waals surface area (Å²) in [6, 6.07) is 11.9. The van der Waals surface area contributed by atoms with Crippen LogP contribution in [0.4, 0.5) is 5.69 Å². The van der Waals surface area contributed by atoms with Crippen LogP contribution in [0.15, 0.2) is 53.9 Å². The van der Waals surface area contributed by atoms with Gasteiger partial charge in [-0.3, -0.25) is 14.5 Å². The monoisotopic (exact) mass is 401 g/mol. The highest BCUT2D eigenvalue weighted by atomic mass is 16.7. The van der Waals surface area contributed by atoms with Crippen molar-refractivity contribution in [3.05, 3.63) is 65.0 Å². The van der Waals surface area contributed by atoms with Gasteiger partial charge in [-0.05, 0) is 35.4 Å². The van der Waals surface area contributed by atoms with Crippen LogP contribution in [0.1, 0.15) is 24.0 Å². The summed E-state index contributed by atoms with van der Waals surface area (Å²) < 4.78 is 13.1. The number of rotatable bonds is 1. The Morgan fingerprint density at radius 2 is 2.00 bits per heavy atom. The van der Waals surface area contributed by atoms with Crippen molar-refractivity contribution in [3.63, 3.8) is 0 Å². The number of benzene rings is 2. The molecule has 2 aromatic carbocycles. The maximum atomic E-state index is 13.4. The molecule has 0 fully saturated rings. The number of hydrogen-bond acceptors (Lipinski definition) is 5. The molecule has 3 aromatic rings. The zero-order valence-electron chi connectivity index (χ0n) is 16.6. The van der Waals surface area contributed by atoms with Gasteiger partial charge in [-0.1, -0.05) is 12.1 Å². The molecule has 1 atom stereocenters. The molecule has 3 aliphatic rings. The van der Waals surface area contributed by atoms with Crippen LogP contribution in [0.3, 0.4) is 0 Å². The average molecular weight is 401 g/mol. The van der Waals surface area contributed by atoms with Gasteiger partial charge in [0.05, 0.1) is 17.6 Å². The largest absolute Gasteiger partial charge is 0.454 e. The molecule has 6 rings (SSSR count). The SMILES string of the molecule is CC(=O)N1CC2=C(C1=O)[C@H](c1ccc3c(c1)OCO3)c1cn(C)c3cccc(c13)N2. The second-order valence-electron chi connectivity index (χ2n) is 7.87. The van der Waals surface area contributed by atoms with E-state index in [1.54, 1.807) is 0 Å². The maximum absolute atomic E-state index is 13.4. The first-order valence-electron chi connectivity index (χ1n) is 9.83. The topological polar surface area (TPSA) is 72.8 Å². The van der Waals surface area contributed by atoms with Crippen LogP contribution >= 0.6 is 0 Å². The number of imide groups is 1. The fourth-order valence-corrected chi connectivity index (χ4v) is 4.81. The predicted molar refractivity (Wildman–Crippen MR) is 110 cm³/mol. The van der Waals surface area contributed by atoms with E-state index < -0.39 is 0 Å². The minimum atomic E-state index is -0.328. The summed E-state index contributed by atoms with van der Waals surface area (Å²) in [5.74, 6) is 0.525. The Bertz CT molecular complexity index is 1300. The fourth-order valence-electron chi connectivity index (χ4n) is 4.81.